The van der Waals surface area contributed by atoms with E-state index in [1.807, 2.05) is 6.92 Å². The second-order valence-electron chi connectivity index (χ2n) is 9.32. The number of halogens is 1. The molecule has 0 amide bonds. The molecule has 3 aromatic rings. The Bertz CT molecular complexity index is 1550. The molecule has 1 unspecified atom stereocenters. The van der Waals surface area contributed by atoms with Gasteiger partial charge in [0.25, 0.3) is 5.69 Å². The van der Waals surface area contributed by atoms with Gasteiger partial charge in [-0.05, 0) is 49.9 Å². The number of carboxylic acids is 3. The highest BCUT2D eigenvalue weighted by Gasteiger charge is 2.42. The Morgan fingerprint density at radius 2 is 1.77 bits per heavy atom. The SMILES string of the molecule is CCCC1(CC(=O)O)OCCc2c1[nH]c1c(C)c(C(=O)O)cc(C#N)c21.Cc1c(C(=O)O)cc(Br)cc1[N+](=O)[O-]. The van der Waals surface area contributed by atoms with Crippen molar-refractivity contribution in [3.05, 3.63) is 71.9 Å². The highest BCUT2D eigenvalue weighted by Crippen LogP contribution is 2.44. The number of aliphatic carboxylic acids is 1. The quantitative estimate of drug-likeness (QED) is 0.195. The van der Waals surface area contributed by atoms with Gasteiger partial charge in [-0.1, -0.05) is 29.3 Å². The highest BCUT2D eigenvalue weighted by molar-refractivity contribution is 9.10. The minimum Gasteiger partial charge on any atom is -0.481 e. The van der Waals surface area contributed by atoms with Gasteiger partial charge in [0.05, 0.1) is 51.9 Å². The molecule has 40 heavy (non-hydrogen) atoms. The average molecular weight is 616 g/mol. The molecule has 0 fully saturated rings. The Labute approximate surface area is 236 Å². The van der Waals surface area contributed by atoms with Crippen molar-refractivity contribution < 1.29 is 39.4 Å². The van der Waals surface area contributed by atoms with Gasteiger partial charge >= 0.3 is 17.9 Å². The van der Waals surface area contributed by atoms with Crippen molar-refractivity contribution in [2.75, 3.05) is 6.61 Å². The van der Waals surface area contributed by atoms with E-state index in [1.165, 1.54) is 25.1 Å². The molecule has 4 rings (SSSR count). The Morgan fingerprint density at radius 1 is 1.15 bits per heavy atom. The zero-order chi connectivity index (χ0) is 29.9. The van der Waals surface area contributed by atoms with Crippen LogP contribution in [0.1, 0.15) is 74.8 Å². The van der Waals surface area contributed by atoms with Crippen LogP contribution < -0.4 is 0 Å². The van der Waals surface area contributed by atoms with Gasteiger partial charge in [0.15, 0.2) is 0 Å². The molecule has 0 radical (unpaired) electrons. The van der Waals surface area contributed by atoms with Crippen LogP contribution in [0.4, 0.5) is 5.69 Å². The van der Waals surface area contributed by atoms with Crippen molar-refractivity contribution in [1.29, 1.82) is 5.26 Å². The smallest absolute Gasteiger partial charge is 0.336 e. The summed E-state index contributed by atoms with van der Waals surface area (Å²) < 4.78 is 6.33. The van der Waals surface area contributed by atoms with Gasteiger partial charge in [0.2, 0.25) is 0 Å². The summed E-state index contributed by atoms with van der Waals surface area (Å²) in [7, 11) is 0. The minimum atomic E-state index is -1.17. The van der Waals surface area contributed by atoms with Crippen molar-refractivity contribution in [3.8, 4) is 6.07 Å². The lowest BCUT2D eigenvalue weighted by atomic mass is 9.84. The van der Waals surface area contributed by atoms with E-state index >= 15 is 0 Å². The van der Waals surface area contributed by atoms with Crippen molar-refractivity contribution in [2.45, 2.75) is 52.1 Å². The lowest BCUT2D eigenvalue weighted by molar-refractivity contribution is -0.385. The van der Waals surface area contributed by atoms with Crippen LogP contribution in [-0.2, 0) is 21.6 Å². The summed E-state index contributed by atoms with van der Waals surface area (Å²) in [5.74, 6) is -3.24. The molecule has 0 spiro atoms. The van der Waals surface area contributed by atoms with E-state index in [4.69, 9.17) is 9.84 Å². The molecule has 0 bridgehead atoms. The van der Waals surface area contributed by atoms with Gasteiger partial charge < -0.3 is 25.0 Å². The summed E-state index contributed by atoms with van der Waals surface area (Å²) in [6.45, 7) is 5.42. The van der Waals surface area contributed by atoms with E-state index in [1.54, 1.807) is 6.92 Å². The number of carbonyl (C=O) groups is 3. The van der Waals surface area contributed by atoms with Gasteiger partial charge in [-0.25, -0.2) is 9.59 Å². The topological polar surface area (TPSA) is 204 Å². The van der Waals surface area contributed by atoms with Crippen LogP contribution in [0.2, 0.25) is 0 Å². The molecule has 1 aliphatic heterocycles. The number of nitrogens with one attached hydrogen (secondary N) is 1. The maximum Gasteiger partial charge on any atom is 0.336 e. The Balaban J connectivity index is 0.000000267. The Hall–Kier alpha value is -4.28. The van der Waals surface area contributed by atoms with Gasteiger partial charge in [0.1, 0.15) is 5.60 Å². The zero-order valence-corrected chi connectivity index (χ0v) is 23.4. The third kappa shape index (κ3) is 5.68. The second kappa shape index (κ2) is 11.8. The number of aromatic carboxylic acids is 2. The molecule has 2 heterocycles. The van der Waals surface area contributed by atoms with Gasteiger partial charge in [0, 0.05) is 21.5 Å². The number of hydrogen-bond acceptors (Lipinski definition) is 7. The lowest BCUT2D eigenvalue weighted by Crippen LogP contribution is -2.37. The van der Waals surface area contributed by atoms with Gasteiger partial charge in [-0.2, -0.15) is 5.26 Å². The summed E-state index contributed by atoms with van der Waals surface area (Å²) in [6, 6.07) is 6.10. The highest BCUT2D eigenvalue weighted by atomic mass is 79.9. The number of fused-ring (bicyclic) bond motifs is 3. The molecule has 13 heteroatoms. The van der Waals surface area contributed by atoms with Crippen LogP contribution in [0.5, 0.6) is 0 Å². The molecular weight excluding hydrogens is 590 g/mol. The van der Waals surface area contributed by atoms with Gasteiger partial charge in [-0.3, -0.25) is 14.9 Å². The molecule has 2 aromatic carbocycles. The van der Waals surface area contributed by atoms with Crippen LogP contribution in [-0.4, -0.2) is 49.7 Å². The third-order valence-corrected chi connectivity index (χ3v) is 7.30. The lowest BCUT2D eigenvalue weighted by Gasteiger charge is -2.36. The average Bonchev–Trinajstić information content (AvgIpc) is 3.27. The molecule has 0 saturated carbocycles. The molecule has 1 aliphatic rings. The van der Waals surface area contributed by atoms with Crippen LogP contribution in [0.15, 0.2) is 22.7 Å². The fourth-order valence-electron chi connectivity index (χ4n) is 5.10. The maximum atomic E-state index is 11.5. The first-order valence-corrected chi connectivity index (χ1v) is 12.9. The van der Waals surface area contributed by atoms with Crippen molar-refractivity contribution in [1.82, 2.24) is 4.98 Å². The monoisotopic (exact) mass is 615 g/mol. The summed E-state index contributed by atoms with van der Waals surface area (Å²) in [5, 5.41) is 48.4. The maximum absolute atomic E-state index is 11.5. The van der Waals surface area contributed by atoms with E-state index in [2.05, 4.69) is 27.0 Å². The largest absolute Gasteiger partial charge is 0.481 e. The number of benzene rings is 2. The molecule has 1 aromatic heterocycles. The van der Waals surface area contributed by atoms with Crippen LogP contribution in [0, 0.1) is 35.3 Å². The van der Waals surface area contributed by atoms with Crippen LogP contribution in [0.3, 0.4) is 0 Å². The number of aromatic amines is 1. The minimum absolute atomic E-state index is 0.0629. The van der Waals surface area contributed by atoms with E-state index in [0.717, 1.165) is 12.0 Å². The number of aryl methyl sites for hydroxylation is 1. The molecular formula is C27H26BrN3O9. The van der Waals surface area contributed by atoms with Gasteiger partial charge in [-0.15, -0.1) is 0 Å². The first kappa shape index (κ1) is 30.3. The van der Waals surface area contributed by atoms with E-state index < -0.39 is 28.4 Å². The van der Waals surface area contributed by atoms with Crippen molar-refractivity contribution >= 4 is 50.4 Å². The van der Waals surface area contributed by atoms with E-state index in [0.29, 0.717) is 46.1 Å². The third-order valence-electron chi connectivity index (χ3n) is 6.84. The number of nitro groups is 1. The standard InChI is InChI=1S/C19H20N2O5.C8H6BrNO4/c1-3-5-19(8-14(22)23)17-12(4-6-26-19)15-11(9-20)7-13(18(24)25)10(2)16(15)21-17;1-4-6(8(11)12)2-5(9)3-7(4)10(13)14/h7,21H,3-6,8H2,1-2H3,(H,22,23)(H,24,25);2-3H,1H3,(H,11,12). The molecule has 0 aliphatic carbocycles. The number of nitriles is 1. The number of ether oxygens (including phenoxy) is 1. The van der Waals surface area contributed by atoms with Crippen LogP contribution >= 0.6 is 15.9 Å². The number of nitro benzene ring substituents is 1. The predicted molar refractivity (Wildman–Crippen MR) is 146 cm³/mol. The van der Waals surface area contributed by atoms with Crippen molar-refractivity contribution in [3.63, 3.8) is 0 Å². The Morgan fingerprint density at radius 3 is 2.30 bits per heavy atom. The molecule has 210 valence electrons. The molecule has 1 atom stereocenters. The molecule has 0 saturated heterocycles. The fraction of sp³-hybridized carbons (Fsp3) is 0.333. The number of nitrogens with zero attached hydrogens (tertiary/aromatic N) is 2. The summed E-state index contributed by atoms with van der Waals surface area (Å²) in [5.41, 5.74) is 1.87. The summed E-state index contributed by atoms with van der Waals surface area (Å²) in [4.78, 5) is 46.9. The number of hydrogen-bond donors (Lipinski definition) is 4. The van der Waals surface area contributed by atoms with E-state index in [-0.39, 0.29) is 34.4 Å². The number of aromatic nitrogens is 1. The number of rotatable bonds is 7. The van der Waals surface area contributed by atoms with E-state index in [9.17, 15) is 40.0 Å². The normalized spacial score (nSPS) is 15.9. The second-order valence-corrected chi connectivity index (χ2v) is 10.2. The fourth-order valence-corrected chi connectivity index (χ4v) is 5.54. The van der Waals surface area contributed by atoms with Crippen molar-refractivity contribution in [2.24, 2.45) is 0 Å². The molecule has 4 N–H and O–H groups in total. The number of H-pyrrole nitrogens is 1. The first-order chi connectivity index (χ1) is 18.8. The Kier molecular flexibility index (Phi) is 8.97. The van der Waals surface area contributed by atoms with Crippen LogP contribution in [0.25, 0.3) is 10.9 Å². The predicted octanol–water partition coefficient (Wildman–Crippen LogP) is 5.45. The summed E-state index contributed by atoms with van der Waals surface area (Å²) >= 11 is 3.02. The first-order valence-electron chi connectivity index (χ1n) is 12.1. The molecule has 12 nitrogen and oxygen atoms in total. The summed E-state index contributed by atoms with van der Waals surface area (Å²) in [6.07, 6.45) is 1.60. The number of carboxylic acid groups (broad SMARTS) is 3. The zero-order valence-electron chi connectivity index (χ0n) is 21.8.